The number of nitrogens with one attached hydrogen (secondary N) is 1. The van der Waals surface area contributed by atoms with E-state index < -0.39 is 0 Å². The van der Waals surface area contributed by atoms with E-state index in [1.54, 1.807) is 0 Å². The minimum absolute atomic E-state index is 0.0968. The Morgan fingerprint density at radius 1 is 1.36 bits per heavy atom. The Morgan fingerprint density at radius 2 is 2.23 bits per heavy atom. The Hall–Kier alpha value is -1.46. The van der Waals surface area contributed by atoms with E-state index in [4.69, 9.17) is 0 Å². The predicted octanol–water partition coefficient (Wildman–Crippen LogP) is 2.65. The summed E-state index contributed by atoms with van der Waals surface area (Å²) in [5.41, 5.74) is 2.14. The lowest BCUT2D eigenvalue weighted by Crippen LogP contribution is -2.28. The fourth-order valence-corrected chi connectivity index (χ4v) is 3.33. The van der Waals surface area contributed by atoms with Crippen LogP contribution in [0.2, 0.25) is 0 Å². The van der Waals surface area contributed by atoms with E-state index in [2.05, 4.69) is 35.3 Å². The van der Waals surface area contributed by atoms with Crippen LogP contribution in [0.25, 0.3) is 11.0 Å². The minimum atomic E-state index is -0.0968. The van der Waals surface area contributed by atoms with Gasteiger partial charge in [0.15, 0.2) is 5.65 Å². The molecule has 0 bridgehead atoms. The Kier molecular flexibility index (Phi) is 4.74. The maximum absolute atomic E-state index is 9.71. The second-order valence-electron chi connectivity index (χ2n) is 6.76. The van der Waals surface area contributed by atoms with Crippen LogP contribution in [0.15, 0.2) is 18.5 Å². The lowest BCUT2D eigenvalue weighted by molar-refractivity contribution is 0.101. The van der Waals surface area contributed by atoms with Gasteiger partial charge < -0.3 is 10.4 Å². The zero-order valence-electron chi connectivity index (χ0n) is 13.5. The van der Waals surface area contributed by atoms with Crippen LogP contribution in [0, 0.1) is 5.92 Å². The topological polar surface area (TPSA) is 63.0 Å². The fraction of sp³-hybridized carbons (Fsp3) is 0.647. The highest BCUT2D eigenvalue weighted by Gasteiger charge is 2.19. The summed E-state index contributed by atoms with van der Waals surface area (Å²) >= 11 is 0. The molecule has 1 aliphatic carbocycles. The van der Waals surface area contributed by atoms with Crippen molar-refractivity contribution in [3.63, 3.8) is 0 Å². The zero-order chi connectivity index (χ0) is 15.5. The van der Waals surface area contributed by atoms with Gasteiger partial charge in [0.1, 0.15) is 0 Å². The largest absolute Gasteiger partial charge is 0.393 e. The first-order chi connectivity index (χ1) is 10.6. The van der Waals surface area contributed by atoms with Gasteiger partial charge in [0.2, 0.25) is 0 Å². The van der Waals surface area contributed by atoms with Crippen molar-refractivity contribution >= 4 is 11.0 Å². The van der Waals surface area contributed by atoms with Crippen molar-refractivity contribution in [1.29, 1.82) is 0 Å². The molecular formula is C17H26N4O. The molecule has 0 aromatic carbocycles. The van der Waals surface area contributed by atoms with Gasteiger partial charge in [-0.05, 0) is 57.2 Å². The molecule has 0 saturated heterocycles. The van der Waals surface area contributed by atoms with Gasteiger partial charge in [0, 0.05) is 24.2 Å². The first-order valence-electron chi connectivity index (χ1n) is 8.34. The second-order valence-corrected chi connectivity index (χ2v) is 6.76. The summed E-state index contributed by atoms with van der Waals surface area (Å²) in [7, 11) is 0. The zero-order valence-corrected chi connectivity index (χ0v) is 13.5. The molecule has 1 aliphatic rings. The van der Waals surface area contributed by atoms with Gasteiger partial charge >= 0.3 is 0 Å². The van der Waals surface area contributed by atoms with Crippen molar-refractivity contribution in [2.75, 3.05) is 6.54 Å². The molecule has 2 unspecified atom stereocenters. The van der Waals surface area contributed by atoms with Crippen LogP contribution in [0.1, 0.15) is 51.1 Å². The number of aromatic nitrogens is 3. The van der Waals surface area contributed by atoms with Crippen LogP contribution in [0.4, 0.5) is 0 Å². The average Bonchev–Trinajstić information content (AvgIpc) is 2.90. The van der Waals surface area contributed by atoms with Gasteiger partial charge in [-0.3, -0.25) is 0 Å². The first-order valence-corrected chi connectivity index (χ1v) is 8.34. The molecule has 120 valence electrons. The van der Waals surface area contributed by atoms with Gasteiger partial charge in [0.25, 0.3) is 0 Å². The van der Waals surface area contributed by atoms with Crippen LogP contribution in [0.3, 0.4) is 0 Å². The molecule has 3 rings (SSSR count). The second kappa shape index (κ2) is 6.75. The number of nitrogens with zero attached hydrogens (tertiary/aromatic N) is 3. The predicted molar refractivity (Wildman–Crippen MR) is 87.6 cm³/mol. The highest BCUT2D eigenvalue weighted by Crippen LogP contribution is 2.23. The van der Waals surface area contributed by atoms with Crippen molar-refractivity contribution in [3.05, 3.63) is 24.0 Å². The van der Waals surface area contributed by atoms with Gasteiger partial charge in [-0.1, -0.05) is 6.42 Å². The Bertz CT molecular complexity index is 622. The Morgan fingerprint density at radius 3 is 3.00 bits per heavy atom. The van der Waals surface area contributed by atoms with E-state index >= 15 is 0 Å². The summed E-state index contributed by atoms with van der Waals surface area (Å²) in [6.07, 6.45) is 8.01. The summed E-state index contributed by atoms with van der Waals surface area (Å²) in [5.74, 6) is 0.601. The molecular weight excluding hydrogens is 276 g/mol. The van der Waals surface area contributed by atoms with Crippen LogP contribution >= 0.6 is 0 Å². The van der Waals surface area contributed by atoms with Crippen LogP contribution in [0.5, 0.6) is 0 Å². The summed E-state index contributed by atoms with van der Waals surface area (Å²) < 4.78 is 1.95. The number of hydrogen-bond acceptors (Lipinski definition) is 4. The molecule has 1 saturated carbocycles. The first kappa shape index (κ1) is 15.4. The Balaban J connectivity index is 1.57. The van der Waals surface area contributed by atoms with Gasteiger partial charge in [-0.2, -0.15) is 5.10 Å². The summed E-state index contributed by atoms with van der Waals surface area (Å²) in [4.78, 5) is 4.56. The summed E-state index contributed by atoms with van der Waals surface area (Å²) in [5, 5.41) is 18.7. The molecule has 2 N–H and O–H groups in total. The van der Waals surface area contributed by atoms with E-state index in [-0.39, 0.29) is 6.10 Å². The van der Waals surface area contributed by atoms with Gasteiger partial charge in [-0.15, -0.1) is 0 Å². The number of aliphatic hydroxyl groups is 1. The number of rotatable bonds is 5. The molecule has 5 heteroatoms. The molecule has 2 atom stereocenters. The van der Waals surface area contributed by atoms with Crippen LogP contribution in [-0.4, -0.2) is 32.5 Å². The number of aliphatic hydroxyl groups excluding tert-OH is 1. The quantitative estimate of drug-likeness (QED) is 0.891. The third-order valence-corrected chi connectivity index (χ3v) is 4.50. The lowest BCUT2D eigenvalue weighted by Gasteiger charge is -2.26. The smallest absolute Gasteiger partial charge is 0.157 e. The monoisotopic (exact) mass is 302 g/mol. The maximum Gasteiger partial charge on any atom is 0.157 e. The maximum atomic E-state index is 9.71. The van der Waals surface area contributed by atoms with Gasteiger partial charge in [-0.25, -0.2) is 9.67 Å². The third kappa shape index (κ3) is 3.47. The molecule has 1 fully saturated rings. The summed E-state index contributed by atoms with van der Waals surface area (Å²) in [6, 6.07) is 2.49. The molecule has 22 heavy (non-hydrogen) atoms. The van der Waals surface area contributed by atoms with E-state index in [1.165, 1.54) is 12.0 Å². The molecule has 0 spiro atoms. The van der Waals surface area contributed by atoms with E-state index in [9.17, 15) is 5.11 Å². The molecule has 0 aliphatic heterocycles. The molecule has 2 aromatic rings. The van der Waals surface area contributed by atoms with E-state index in [0.717, 1.165) is 43.4 Å². The molecule has 2 aromatic heterocycles. The molecule has 2 heterocycles. The molecule has 0 radical (unpaired) electrons. The lowest BCUT2D eigenvalue weighted by atomic mass is 9.87. The van der Waals surface area contributed by atoms with Crippen molar-refractivity contribution in [2.45, 2.75) is 58.2 Å². The number of pyridine rings is 1. The van der Waals surface area contributed by atoms with Gasteiger partial charge in [0.05, 0.1) is 12.3 Å². The SMILES string of the molecule is CC(C)n1ncc2cc(CNCC3CCCC(O)C3)cnc21. The van der Waals surface area contributed by atoms with Crippen molar-refractivity contribution in [3.8, 4) is 0 Å². The number of fused-ring (bicyclic) bond motifs is 1. The highest BCUT2D eigenvalue weighted by molar-refractivity contribution is 5.75. The van der Waals surface area contributed by atoms with Crippen molar-refractivity contribution in [2.24, 2.45) is 5.92 Å². The highest BCUT2D eigenvalue weighted by atomic mass is 16.3. The van der Waals surface area contributed by atoms with E-state index in [0.29, 0.717) is 12.0 Å². The minimum Gasteiger partial charge on any atom is -0.393 e. The normalized spacial score (nSPS) is 22.5. The molecule has 5 nitrogen and oxygen atoms in total. The van der Waals surface area contributed by atoms with E-state index in [1.807, 2.05) is 17.1 Å². The van der Waals surface area contributed by atoms with Crippen LogP contribution < -0.4 is 5.32 Å². The van der Waals surface area contributed by atoms with Crippen LogP contribution in [-0.2, 0) is 6.54 Å². The number of hydrogen-bond donors (Lipinski definition) is 2. The Labute approximate surface area is 131 Å². The molecule has 0 amide bonds. The third-order valence-electron chi connectivity index (χ3n) is 4.50. The van der Waals surface area contributed by atoms with Crippen molar-refractivity contribution in [1.82, 2.24) is 20.1 Å². The fourth-order valence-electron chi connectivity index (χ4n) is 3.33. The standard InChI is InChI=1S/C17H26N4O/c1-12(2)21-17-15(11-20-21)6-14(10-19-17)9-18-8-13-4-3-5-16(22)7-13/h6,10-13,16,18,22H,3-5,7-9H2,1-2H3. The van der Waals surface area contributed by atoms with Crippen molar-refractivity contribution < 1.29 is 5.11 Å². The summed E-state index contributed by atoms with van der Waals surface area (Å²) in [6.45, 7) is 6.02. The average molecular weight is 302 g/mol.